The fourth-order valence-corrected chi connectivity index (χ4v) is 1.68. The summed E-state index contributed by atoms with van der Waals surface area (Å²) >= 11 is 0. The second-order valence-electron chi connectivity index (χ2n) is 3.59. The van der Waals surface area contributed by atoms with Gasteiger partial charge in [0.15, 0.2) is 0 Å². The van der Waals surface area contributed by atoms with Crippen molar-refractivity contribution in [2.45, 2.75) is 0 Å². The molecule has 0 saturated carbocycles. The predicted octanol–water partition coefficient (Wildman–Crippen LogP) is 1.81. The standard InChI is InChI=1S/C11H11N5/c1-15-8-9(7-13-15)14-11-4-2-3-10-12-5-6-16(10)11/h2-8,14H,1H3. The highest BCUT2D eigenvalue weighted by Crippen LogP contribution is 2.16. The van der Waals surface area contributed by atoms with Crippen LogP contribution in [0.3, 0.4) is 0 Å². The van der Waals surface area contributed by atoms with E-state index in [1.165, 1.54) is 0 Å². The number of nitrogens with zero attached hydrogens (tertiary/aromatic N) is 4. The number of nitrogens with one attached hydrogen (secondary N) is 1. The van der Waals surface area contributed by atoms with Crippen molar-refractivity contribution in [1.29, 1.82) is 0 Å². The molecule has 3 heterocycles. The van der Waals surface area contributed by atoms with E-state index in [4.69, 9.17) is 0 Å². The van der Waals surface area contributed by atoms with Crippen molar-refractivity contribution in [1.82, 2.24) is 19.2 Å². The third-order valence-corrected chi connectivity index (χ3v) is 2.41. The van der Waals surface area contributed by atoms with E-state index in [0.717, 1.165) is 17.2 Å². The Kier molecular flexibility index (Phi) is 1.89. The minimum absolute atomic E-state index is 0.925. The largest absolute Gasteiger partial charge is 0.339 e. The molecular formula is C11H11N5. The maximum absolute atomic E-state index is 4.23. The first-order valence-electron chi connectivity index (χ1n) is 5.01. The maximum atomic E-state index is 4.23. The lowest BCUT2D eigenvalue weighted by Crippen LogP contribution is -1.96. The van der Waals surface area contributed by atoms with E-state index in [1.54, 1.807) is 17.1 Å². The molecule has 5 nitrogen and oxygen atoms in total. The van der Waals surface area contributed by atoms with Crippen LogP contribution in [0.2, 0.25) is 0 Å². The van der Waals surface area contributed by atoms with Gasteiger partial charge in [0.25, 0.3) is 0 Å². The van der Waals surface area contributed by atoms with Crippen LogP contribution in [0.5, 0.6) is 0 Å². The average Bonchev–Trinajstić information content (AvgIpc) is 2.87. The number of hydrogen-bond donors (Lipinski definition) is 1. The molecule has 1 N–H and O–H groups in total. The van der Waals surface area contributed by atoms with Gasteiger partial charge in [-0.15, -0.1) is 0 Å². The normalized spacial score (nSPS) is 10.8. The van der Waals surface area contributed by atoms with Gasteiger partial charge in [-0.3, -0.25) is 9.08 Å². The molecule has 3 aromatic heterocycles. The van der Waals surface area contributed by atoms with Gasteiger partial charge in [0.05, 0.1) is 11.9 Å². The summed E-state index contributed by atoms with van der Waals surface area (Å²) in [6.07, 6.45) is 7.42. The van der Waals surface area contributed by atoms with E-state index in [-0.39, 0.29) is 0 Å². The molecule has 0 fully saturated rings. The number of fused-ring (bicyclic) bond motifs is 1. The lowest BCUT2D eigenvalue weighted by Gasteiger charge is -2.05. The molecule has 0 aliphatic heterocycles. The Morgan fingerprint density at radius 2 is 2.25 bits per heavy atom. The summed E-state index contributed by atoms with van der Waals surface area (Å²) in [6.45, 7) is 0. The fourth-order valence-electron chi connectivity index (χ4n) is 1.68. The summed E-state index contributed by atoms with van der Waals surface area (Å²) in [6, 6.07) is 5.94. The van der Waals surface area contributed by atoms with Gasteiger partial charge in [-0.2, -0.15) is 5.10 Å². The highest BCUT2D eigenvalue weighted by Gasteiger charge is 2.01. The van der Waals surface area contributed by atoms with E-state index < -0.39 is 0 Å². The number of hydrogen-bond acceptors (Lipinski definition) is 3. The lowest BCUT2D eigenvalue weighted by molar-refractivity contribution is 0.768. The topological polar surface area (TPSA) is 47.2 Å². The van der Waals surface area contributed by atoms with Crippen LogP contribution in [-0.2, 0) is 7.05 Å². The van der Waals surface area contributed by atoms with Crippen LogP contribution in [0.25, 0.3) is 5.65 Å². The summed E-state index contributed by atoms with van der Waals surface area (Å²) in [5, 5.41) is 7.40. The first kappa shape index (κ1) is 8.96. The van der Waals surface area contributed by atoms with Crippen molar-refractivity contribution in [3.05, 3.63) is 43.0 Å². The van der Waals surface area contributed by atoms with Crippen LogP contribution in [0.4, 0.5) is 11.5 Å². The Bertz CT molecular complexity index is 622. The highest BCUT2D eigenvalue weighted by molar-refractivity contribution is 5.58. The number of rotatable bonds is 2. The number of pyridine rings is 1. The van der Waals surface area contributed by atoms with Gasteiger partial charge in [-0.25, -0.2) is 4.98 Å². The van der Waals surface area contributed by atoms with Crippen molar-refractivity contribution >= 4 is 17.2 Å². The van der Waals surface area contributed by atoms with Crippen LogP contribution in [-0.4, -0.2) is 19.2 Å². The van der Waals surface area contributed by atoms with Gasteiger partial charge >= 0.3 is 0 Å². The molecule has 0 unspecified atom stereocenters. The Morgan fingerprint density at radius 3 is 3.06 bits per heavy atom. The predicted molar refractivity (Wildman–Crippen MR) is 61.7 cm³/mol. The first-order chi connectivity index (χ1) is 7.83. The molecule has 0 amide bonds. The molecule has 16 heavy (non-hydrogen) atoms. The molecule has 5 heteroatoms. The zero-order valence-corrected chi connectivity index (χ0v) is 8.83. The van der Waals surface area contributed by atoms with Gasteiger partial charge in [0.1, 0.15) is 11.5 Å². The van der Waals surface area contributed by atoms with Crippen LogP contribution in [0.1, 0.15) is 0 Å². The summed E-state index contributed by atoms with van der Waals surface area (Å²) in [4.78, 5) is 4.23. The van der Waals surface area contributed by atoms with Gasteiger partial charge in [-0.1, -0.05) is 6.07 Å². The number of imidazole rings is 1. The van der Waals surface area contributed by atoms with Gasteiger partial charge in [0.2, 0.25) is 0 Å². The number of anilines is 2. The average molecular weight is 213 g/mol. The summed E-state index contributed by atoms with van der Waals surface area (Å²) in [5.74, 6) is 0.975. The number of aryl methyl sites for hydroxylation is 1. The molecule has 0 aliphatic rings. The van der Waals surface area contributed by atoms with Crippen LogP contribution >= 0.6 is 0 Å². The molecular weight excluding hydrogens is 202 g/mol. The van der Waals surface area contributed by atoms with Crippen molar-refractivity contribution in [2.24, 2.45) is 7.05 Å². The van der Waals surface area contributed by atoms with Crippen molar-refractivity contribution in [3.63, 3.8) is 0 Å². The zero-order valence-electron chi connectivity index (χ0n) is 8.83. The van der Waals surface area contributed by atoms with E-state index in [1.807, 2.05) is 42.0 Å². The van der Waals surface area contributed by atoms with Gasteiger partial charge < -0.3 is 5.32 Å². The number of aromatic nitrogens is 4. The van der Waals surface area contributed by atoms with Crippen molar-refractivity contribution < 1.29 is 0 Å². The molecule has 0 aliphatic carbocycles. The molecule has 80 valence electrons. The summed E-state index contributed by atoms with van der Waals surface area (Å²) < 4.78 is 3.75. The second kappa shape index (κ2) is 3.37. The van der Waals surface area contributed by atoms with Crippen molar-refractivity contribution in [3.8, 4) is 0 Å². The highest BCUT2D eigenvalue weighted by atomic mass is 15.3. The molecule has 3 rings (SSSR count). The second-order valence-corrected chi connectivity index (χ2v) is 3.59. The van der Waals surface area contributed by atoms with Crippen LogP contribution in [0, 0.1) is 0 Å². The molecule has 0 bridgehead atoms. The molecule has 0 atom stereocenters. The summed E-state index contributed by atoms with van der Waals surface area (Å²) in [7, 11) is 1.89. The van der Waals surface area contributed by atoms with E-state index in [9.17, 15) is 0 Å². The summed E-state index contributed by atoms with van der Waals surface area (Å²) in [5.41, 5.74) is 1.89. The molecule has 3 aromatic rings. The Morgan fingerprint density at radius 1 is 1.31 bits per heavy atom. The smallest absolute Gasteiger partial charge is 0.138 e. The fraction of sp³-hybridized carbons (Fsp3) is 0.0909. The Labute approximate surface area is 92.3 Å². The molecule has 0 radical (unpaired) electrons. The Hall–Kier alpha value is -2.30. The first-order valence-corrected chi connectivity index (χ1v) is 5.01. The molecule has 0 saturated heterocycles. The maximum Gasteiger partial charge on any atom is 0.138 e. The minimum atomic E-state index is 0.925. The third kappa shape index (κ3) is 1.42. The Balaban J connectivity index is 2.03. The SMILES string of the molecule is Cn1cc(Nc2cccc3nccn23)cn1. The van der Waals surface area contributed by atoms with E-state index >= 15 is 0 Å². The van der Waals surface area contributed by atoms with Gasteiger partial charge in [0, 0.05) is 25.6 Å². The van der Waals surface area contributed by atoms with Crippen LogP contribution in [0.15, 0.2) is 43.0 Å². The zero-order chi connectivity index (χ0) is 11.0. The molecule has 0 aromatic carbocycles. The quantitative estimate of drug-likeness (QED) is 0.706. The van der Waals surface area contributed by atoms with Gasteiger partial charge in [-0.05, 0) is 12.1 Å². The lowest BCUT2D eigenvalue weighted by atomic mass is 10.4. The van der Waals surface area contributed by atoms with E-state index in [0.29, 0.717) is 0 Å². The third-order valence-electron chi connectivity index (χ3n) is 2.41. The van der Waals surface area contributed by atoms with Crippen LogP contribution < -0.4 is 5.32 Å². The molecule has 0 spiro atoms. The minimum Gasteiger partial charge on any atom is -0.339 e. The van der Waals surface area contributed by atoms with E-state index in [2.05, 4.69) is 15.4 Å². The van der Waals surface area contributed by atoms with Crippen molar-refractivity contribution in [2.75, 3.05) is 5.32 Å². The monoisotopic (exact) mass is 213 g/mol.